The highest BCUT2D eigenvalue weighted by atomic mass is 16.2. The molecule has 0 N–H and O–H groups in total. The fourth-order valence-corrected chi connectivity index (χ4v) is 3.94. The molecule has 4 rings (SSSR count). The summed E-state index contributed by atoms with van der Waals surface area (Å²) in [5, 5.41) is 4.59. The fraction of sp³-hybridized carbons (Fsp3) is 0.364. The van der Waals surface area contributed by atoms with Crippen LogP contribution in [0.5, 0.6) is 0 Å². The van der Waals surface area contributed by atoms with Crippen LogP contribution < -0.4 is 0 Å². The monoisotopic (exact) mass is 362 g/mol. The average molecular weight is 362 g/mol. The van der Waals surface area contributed by atoms with Gasteiger partial charge < -0.3 is 9.47 Å². The maximum Gasteiger partial charge on any atom is 0.259 e. The fourth-order valence-electron chi connectivity index (χ4n) is 3.94. The Balaban J connectivity index is 1.79. The summed E-state index contributed by atoms with van der Waals surface area (Å²) in [5.41, 5.74) is 2.81. The van der Waals surface area contributed by atoms with Gasteiger partial charge in [0.25, 0.3) is 5.91 Å². The lowest BCUT2D eigenvalue weighted by atomic mass is 9.99. The first kappa shape index (κ1) is 17.6. The maximum atomic E-state index is 13.4. The van der Waals surface area contributed by atoms with Crippen LogP contribution in [0.3, 0.4) is 0 Å². The van der Waals surface area contributed by atoms with Gasteiger partial charge in [-0.25, -0.2) is 4.68 Å². The van der Waals surface area contributed by atoms with Gasteiger partial charge in [0.1, 0.15) is 5.56 Å². The third-order valence-electron chi connectivity index (χ3n) is 5.46. The lowest BCUT2D eigenvalue weighted by Gasteiger charge is -2.35. The van der Waals surface area contributed by atoms with Crippen molar-refractivity contribution in [3.05, 3.63) is 66.1 Å². The zero-order chi connectivity index (χ0) is 18.8. The Labute approximate surface area is 160 Å². The van der Waals surface area contributed by atoms with Crippen molar-refractivity contribution in [2.24, 2.45) is 0 Å². The second-order valence-electron chi connectivity index (χ2n) is 7.28. The van der Waals surface area contributed by atoms with E-state index in [-0.39, 0.29) is 5.91 Å². The third kappa shape index (κ3) is 3.29. The van der Waals surface area contributed by atoms with Crippen LogP contribution in [0.25, 0.3) is 11.5 Å². The summed E-state index contributed by atoms with van der Waals surface area (Å²) in [6, 6.07) is 12.5. The molecule has 140 valence electrons. The number of nitrogens with zero attached hydrogens (tertiary/aromatic N) is 4. The number of carbonyl (C=O) groups excluding carboxylic acids is 1. The van der Waals surface area contributed by atoms with Gasteiger partial charge in [-0.1, -0.05) is 24.6 Å². The van der Waals surface area contributed by atoms with E-state index in [2.05, 4.69) is 31.1 Å². The lowest BCUT2D eigenvalue weighted by molar-refractivity contribution is 0.0608. The lowest BCUT2D eigenvalue weighted by Crippen LogP contribution is -2.43. The number of hydrogen-bond acceptors (Lipinski definition) is 2. The molecule has 1 aliphatic rings. The SMILES string of the molecule is CCC1CCCCN1C(=O)c1cnn(-c2ccc(C)cc2)c1-n1cccc1. The summed E-state index contributed by atoms with van der Waals surface area (Å²) in [7, 11) is 0. The highest BCUT2D eigenvalue weighted by Gasteiger charge is 2.30. The molecule has 1 aliphatic heterocycles. The number of piperidine rings is 1. The topological polar surface area (TPSA) is 43.1 Å². The normalized spacial score (nSPS) is 17.3. The van der Waals surface area contributed by atoms with Crippen LogP contribution in [-0.4, -0.2) is 37.7 Å². The van der Waals surface area contributed by atoms with Crippen LogP contribution in [0.4, 0.5) is 0 Å². The summed E-state index contributed by atoms with van der Waals surface area (Å²) in [5.74, 6) is 0.887. The molecule has 5 nitrogen and oxygen atoms in total. The zero-order valence-electron chi connectivity index (χ0n) is 16.0. The summed E-state index contributed by atoms with van der Waals surface area (Å²) in [6.07, 6.45) is 10.0. The van der Waals surface area contributed by atoms with Crippen LogP contribution in [0.15, 0.2) is 55.0 Å². The Kier molecular flexibility index (Phi) is 4.84. The number of aromatic nitrogens is 3. The molecule has 1 amide bonds. The molecule has 0 bridgehead atoms. The number of hydrogen-bond donors (Lipinski definition) is 0. The number of rotatable bonds is 4. The zero-order valence-corrected chi connectivity index (χ0v) is 16.0. The van der Waals surface area contributed by atoms with Gasteiger partial charge in [0, 0.05) is 25.0 Å². The third-order valence-corrected chi connectivity index (χ3v) is 5.46. The second-order valence-corrected chi connectivity index (χ2v) is 7.28. The molecule has 1 saturated heterocycles. The number of amides is 1. The quantitative estimate of drug-likeness (QED) is 0.691. The predicted molar refractivity (Wildman–Crippen MR) is 107 cm³/mol. The van der Waals surface area contributed by atoms with E-state index in [1.54, 1.807) is 6.20 Å². The van der Waals surface area contributed by atoms with Crippen LogP contribution in [0, 0.1) is 6.92 Å². The van der Waals surface area contributed by atoms with Gasteiger partial charge in [-0.15, -0.1) is 0 Å². The van der Waals surface area contributed by atoms with Gasteiger partial charge in [-0.05, 0) is 56.9 Å². The molecule has 1 aromatic carbocycles. The number of carbonyl (C=O) groups is 1. The van der Waals surface area contributed by atoms with Gasteiger partial charge >= 0.3 is 0 Å². The highest BCUT2D eigenvalue weighted by molar-refractivity contribution is 5.97. The van der Waals surface area contributed by atoms with Crippen molar-refractivity contribution in [2.75, 3.05) is 6.54 Å². The van der Waals surface area contributed by atoms with Crippen molar-refractivity contribution in [2.45, 2.75) is 45.6 Å². The Hall–Kier alpha value is -2.82. The van der Waals surface area contributed by atoms with E-state index < -0.39 is 0 Å². The van der Waals surface area contributed by atoms with Crippen molar-refractivity contribution >= 4 is 5.91 Å². The number of likely N-dealkylation sites (tertiary alicyclic amines) is 1. The molecule has 0 saturated carbocycles. The van der Waals surface area contributed by atoms with Crippen molar-refractivity contribution in [1.82, 2.24) is 19.2 Å². The molecule has 2 aromatic heterocycles. The molecular weight excluding hydrogens is 336 g/mol. The molecule has 1 fully saturated rings. The second kappa shape index (κ2) is 7.43. The van der Waals surface area contributed by atoms with E-state index in [0.717, 1.165) is 37.3 Å². The highest BCUT2D eigenvalue weighted by Crippen LogP contribution is 2.26. The van der Waals surface area contributed by atoms with Crippen molar-refractivity contribution < 1.29 is 4.79 Å². The van der Waals surface area contributed by atoms with Gasteiger partial charge in [0.15, 0.2) is 5.82 Å². The van der Waals surface area contributed by atoms with E-state index in [4.69, 9.17) is 0 Å². The van der Waals surface area contributed by atoms with Crippen LogP contribution in [0.2, 0.25) is 0 Å². The molecule has 27 heavy (non-hydrogen) atoms. The number of aryl methyl sites for hydroxylation is 1. The average Bonchev–Trinajstić information content (AvgIpc) is 3.37. The Morgan fingerprint density at radius 3 is 2.59 bits per heavy atom. The van der Waals surface area contributed by atoms with Crippen LogP contribution in [0.1, 0.15) is 48.5 Å². The predicted octanol–water partition coefficient (Wildman–Crippen LogP) is 4.38. The summed E-state index contributed by atoms with van der Waals surface area (Å²) >= 11 is 0. The van der Waals surface area contributed by atoms with E-state index >= 15 is 0 Å². The Morgan fingerprint density at radius 1 is 1.15 bits per heavy atom. The standard InChI is InChI=1S/C22H26N4O/c1-3-18-8-4-5-15-25(18)22(27)20-16-23-26(19-11-9-17(2)10-12-19)21(20)24-13-6-7-14-24/h6-7,9-14,16,18H,3-5,8,15H2,1-2H3. The van der Waals surface area contributed by atoms with Crippen molar-refractivity contribution in [1.29, 1.82) is 0 Å². The minimum atomic E-state index is 0.0867. The molecule has 3 heterocycles. The Bertz CT molecular complexity index is 908. The maximum absolute atomic E-state index is 13.4. The van der Waals surface area contributed by atoms with Gasteiger partial charge in [0.2, 0.25) is 0 Å². The van der Waals surface area contributed by atoms with Gasteiger partial charge in [-0.2, -0.15) is 5.10 Å². The van der Waals surface area contributed by atoms with E-state index in [0.29, 0.717) is 11.6 Å². The smallest absolute Gasteiger partial charge is 0.259 e. The number of benzene rings is 1. The van der Waals surface area contributed by atoms with Gasteiger partial charge in [0.05, 0.1) is 11.9 Å². The largest absolute Gasteiger partial charge is 0.336 e. The van der Waals surface area contributed by atoms with Crippen LogP contribution >= 0.6 is 0 Å². The Morgan fingerprint density at radius 2 is 1.89 bits per heavy atom. The molecule has 1 unspecified atom stereocenters. The molecule has 3 aromatic rings. The van der Waals surface area contributed by atoms with Crippen molar-refractivity contribution in [3.63, 3.8) is 0 Å². The minimum Gasteiger partial charge on any atom is -0.336 e. The van der Waals surface area contributed by atoms with Crippen LogP contribution in [-0.2, 0) is 0 Å². The summed E-state index contributed by atoms with van der Waals surface area (Å²) < 4.78 is 3.84. The van der Waals surface area contributed by atoms with Gasteiger partial charge in [-0.3, -0.25) is 4.79 Å². The first-order valence-corrected chi connectivity index (χ1v) is 9.78. The minimum absolute atomic E-state index is 0.0867. The molecule has 5 heteroatoms. The van der Waals surface area contributed by atoms with E-state index in [1.807, 2.05) is 50.8 Å². The first-order valence-electron chi connectivity index (χ1n) is 9.78. The summed E-state index contributed by atoms with van der Waals surface area (Å²) in [4.78, 5) is 15.5. The molecule has 0 spiro atoms. The molecular formula is C22H26N4O. The summed E-state index contributed by atoms with van der Waals surface area (Å²) in [6.45, 7) is 5.06. The molecule has 1 atom stereocenters. The van der Waals surface area contributed by atoms with E-state index in [9.17, 15) is 4.79 Å². The van der Waals surface area contributed by atoms with E-state index in [1.165, 1.54) is 12.0 Å². The molecule has 0 radical (unpaired) electrons. The molecule has 0 aliphatic carbocycles. The first-order chi connectivity index (χ1) is 13.2. The van der Waals surface area contributed by atoms with Crippen molar-refractivity contribution in [3.8, 4) is 11.5 Å².